The Kier molecular flexibility index (Phi) is 6.02. The highest BCUT2D eigenvalue weighted by Gasteiger charge is 2.35. The summed E-state index contributed by atoms with van der Waals surface area (Å²) >= 11 is 6.01. The molecule has 2 aromatic rings. The molecule has 0 unspecified atom stereocenters. The Morgan fingerprint density at radius 3 is 2.59 bits per heavy atom. The summed E-state index contributed by atoms with van der Waals surface area (Å²) < 4.78 is 5.45. The first-order valence-electron chi connectivity index (χ1n) is 9.18. The van der Waals surface area contributed by atoms with E-state index in [1.165, 1.54) is 5.56 Å². The maximum absolute atomic E-state index is 12.3. The molecular formula is C21H26ClN3O2. The third kappa shape index (κ3) is 5.68. The van der Waals surface area contributed by atoms with E-state index in [0.29, 0.717) is 11.7 Å². The van der Waals surface area contributed by atoms with Crippen LogP contribution in [-0.2, 0) is 11.3 Å². The fourth-order valence-electron chi connectivity index (χ4n) is 3.43. The molecule has 1 aromatic heterocycles. The number of likely N-dealkylation sites (tertiary alicyclic amines) is 1. The van der Waals surface area contributed by atoms with Gasteiger partial charge in [0.1, 0.15) is 10.8 Å². The number of aromatic nitrogens is 1. The van der Waals surface area contributed by atoms with Crippen molar-refractivity contribution >= 4 is 17.7 Å². The number of hydrogen-bond acceptors (Lipinski definition) is 4. The summed E-state index contributed by atoms with van der Waals surface area (Å²) in [6.45, 7) is 7.86. The average molecular weight is 388 g/mol. The summed E-state index contributed by atoms with van der Waals surface area (Å²) in [6, 6.07) is 15.9. The summed E-state index contributed by atoms with van der Waals surface area (Å²) in [6.07, 6.45) is -0.379. The molecule has 0 aliphatic carbocycles. The topological polar surface area (TPSA) is 54.5 Å². The lowest BCUT2D eigenvalue weighted by molar-refractivity contribution is 0.0502. The predicted molar refractivity (Wildman–Crippen MR) is 107 cm³/mol. The number of pyridine rings is 1. The standard InChI is InChI=1S/C21H26ClN3O2/c1-21(2,3)27-20(26)24-18-14-25(12-16-10-7-11-19(22)23-16)13-17(18)15-8-5-4-6-9-15/h4-11,17-18H,12-14H2,1-3H3,(H,24,26)/t17-,18+/m0/s1. The summed E-state index contributed by atoms with van der Waals surface area (Å²) in [5, 5.41) is 3.56. The highest BCUT2D eigenvalue weighted by atomic mass is 35.5. The molecule has 1 aliphatic heterocycles. The van der Waals surface area contributed by atoms with Crippen molar-refractivity contribution in [1.82, 2.24) is 15.2 Å². The van der Waals surface area contributed by atoms with Crippen molar-refractivity contribution in [3.05, 3.63) is 64.9 Å². The Labute approximate surface area is 165 Å². The Morgan fingerprint density at radius 1 is 1.19 bits per heavy atom. The minimum atomic E-state index is -0.519. The Morgan fingerprint density at radius 2 is 1.93 bits per heavy atom. The molecule has 144 valence electrons. The number of nitrogens with one attached hydrogen (secondary N) is 1. The van der Waals surface area contributed by atoms with E-state index in [1.54, 1.807) is 6.07 Å². The summed E-state index contributed by atoms with van der Waals surface area (Å²) in [5.74, 6) is 0.193. The first kappa shape index (κ1) is 19.6. The molecule has 0 spiro atoms. The van der Waals surface area contributed by atoms with Gasteiger partial charge in [0.2, 0.25) is 0 Å². The van der Waals surface area contributed by atoms with E-state index in [-0.39, 0.29) is 18.1 Å². The molecule has 1 amide bonds. The first-order chi connectivity index (χ1) is 12.8. The number of amides is 1. The average Bonchev–Trinajstić information content (AvgIpc) is 2.96. The fourth-order valence-corrected chi connectivity index (χ4v) is 3.61. The quantitative estimate of drug-likeness (QED) is 0.798. The summed E-state index contributed by atoms with van der Waals surface area (Å²) in [5.41, 5.74) is 1.61. The third-order valence-electron chi connectivity index (χ3n) is 4.48. The molecule has 1 fully saturated rings. The van der Waals surface area contributed by atoms with Crippen LogP contribution >= 0.6 is 11.6 Å². The molecule has 1 N–H and O–H groups in total. The van der Waals surface area contributed by atoms with Gasteiger partial charge in [-0.25, -0.2) is 9.78 Å². The number of benzene rings is 1. The van der Waals surface area contributed by atoms with E-state index in [1.807, 2.05) is 51.1 Å². The zero-order valence-corrected chi connectivity index (χ0v) is 16.7. The zero-order chi connectivity index (χ0) is 19.4. The molecule has 1 aromatic carbocycles. The van der Waals surface area contributed by atoms with Crippen LogP contribution in [-0.4, -0.2) is 40.7 Å². The van der Waals surface area contributed by atoms with Crippen molar-refractivity contribution < 1.29 is 9.53 Å². The van der Waals surface area contributed by atoms with Gasteiger partial charge in [-0.15, -0.1) is 0 Å². The van der Waals surface area contributed by atoms with Gasteiger partial charge in [0.25, 0.3) is 0 Å². The van der Waals surface area contributed by atoms with Crippen molar-refractivity contribution in [3.8, 4) is 0 Å². The van der Waals surface area contributed by atoms with E-state index in [2.05, 4.69) is 27.3 Å². The van der Waals surface area contributed by atoms with E-state index in [0.717, 1.165) is 18.8 Å². The fraction of sp³-hybridized carbons (Fsp3) is 0.429. The Bertz CT molecular complexity index is 776. The number of halogens is 1. The number of hydrogen-bond donors (Lipinski definition) is 1. The molecule has 0 saturated carbocycles. The van der Waals surface area contributed by atoms with Crippen LogP contribution in [0.25, 0.3) is 0 Å². The molecular weight excluding hydrogens is 362 g/mol. The van der Waals surface area contributed by atoms with Gasteiger partial charge in [0.05, 0.1) is 11.7 Å². The lowest BCUT2D eigenvalue weighted by Crippen LogP contribution is -2.42. The van der Waals surface area contributed by atoms with Crippen LogP contribution in [0.2, 0.25) is 5.15 Å². The second kappa shape index (κ2) is 8.28. The van der Waals surface area contributed by atoms with Gasteiger partial charge in [0.15, 0.2) is 0 Å². The van der Waals surface area contributed by atoms with Crippen LogP contribution in [0.5, 0.6) is 0 Å². The van der Waals surface area contributed by atoms with Crippen molar-refractivity contribution in [3.63, 3.8) is 0 Å². The minimum absolute atomic E-state index is 0.0264. The van der Waals surface area contributed by atoms with E-state index in [9.17, 15) is 4.79 Å². The van der Waals surface area contributed by atoms with Gasteiger partial charge in [-0.05, 0) is 38.5 Å². The predicted octanol–water partition coefficient (Wildman–Crippen LogP) is 4.23. The van der Waals surface area contributed by atoms with Crippen molar-refractivity contribution in [2.75, 3.05) is 13.1 Å². The van der Waals surface area contributed by atoms with Crippen molar-refractivity contribution in [2.45, 2.75) is 44.9 Å². The zero-order valence-electron chi connectivity index (χ0n) is 16.0. The van der Waals surface area contributed by atoms with E-state index >= 15 is 0 Å². The second-order valence-electron chi connectivity index (χ2n) is 7.92. The van der Waals surface area contributed by atoms with E-state index < -0.39 is 5.60 Å². The molecule has 2 atom stereocenters. The second-order valence-corrected chi connectivity index (χ2v) is 8.30. The SMILES string of the molecule is CC(C)(C)OC(=O)N[C@@H]1CN(Cc2cccc(Cl)n2)C[C@H]1c1ccccc1. The number of carbonyl (C=O) groups excluding carboxylic acids is 1. The van der Waals surface area contributed by atoms with Gasteiger partial charge in [-0.2, -0.15) is 0 Å². The smallest absolute Gasteiger partial charge is 0.407 e. The molecule has 0 radical (unpaired) electrons. The lowest BCUT2D eigenvalue weighted by Gasteiger charge is -2.24. The van der Waals surface area contributed by atoms with Gasteiger partial charge < -0.3 is 10.1 Å². The van der Waals surface area contributed by atoms with Gasteiger partial charge in [-0.3, -0.25) is 4.90 Å². The van der Waals surface area contributed by atoms with Gasteiger partial charge >= 0.3 is 6.09 Å². The highest BCUT2D eigenvalue weighted by molar-refractivity contribution is 6.29. The number of nitrogens with zero attached hydrogens (tertiary/aromatic N) is 2. The first-order valence-corrected chi connectivity index (χ1v) is 9.56. The number of carbonyl (C=O) groups is 1. The summed E-state index contributed by atoms with van der Waals surface area (Å²) in [7, 11) is 0. The molecule has 3 rings (SSSR count). The molecule has 2 heterocycles. The van der Waals surface area contributed by atoms with Crippen LogP contribution in [0.4, 0.5) is 4.79 Å². The largest absolute Gasteiger partial charge is 0.444 e. The molecule has 0 bridgehead atoms. The number of rotatable bonds is 4. The van der Waals surface area contributed by atoms with Crippen molar-refractivity contribution in [1.29, 1.82) is 0 Å². The molecule has 5 nitrogen and oxygen atoms in total. The Balaban J connectivity index is 1.73. The van der Waals surface area contributed by atoms with Crippen LogP contribution < -0.4 is 5.32 Å². The number of ether oxygens (including phenoxy) is 1. The Hall–Kier alpha value is -2.11. The molecule has 27 heavy (non-hydrogen) atoms. The van der Waals surface area contributed by atoms with Crippen LogP contribution in [0, 0.1) is 0 Å². The third-order valence-corrected chi connectivity index (χ3v) is 4.69. The molecule has 1 saturated heterocycles. The molecule has 1 aliphatic rings. The molecule has 6 heteroatoms. The maximum atomic E-state index is 12.3. The highest BCUT2D eigenvalue weighted by Crippen LogP contribution is 2.29. The van der Waals surface area contributed by atoms with Crippen LogP contribution in [0.15, 0.2) is 48.5 Å². The van der Waals surface area contributed by atoms with Crippen molar-refractivity contribution in [2.24, 2.45) is 0 Å². The lowest BCUT2D eigenvalue weighted by atomic mass is 9.94. The minimum Gasteiger partial charge on any atom is -0.444 e. The summed E-state index contributed by atoms with van der Waals surface area (Å²) in [4.78, 5) is 19.0. The normalized spacial score (nSPS) is 20.4. The maximum Gasteiger partial charge on any atom is 0.407 e. The monoisotopic (exact) mass is 387 g/mol. The van der Waals surface area contributed by atoms with Gasteiger partial charge in [-0.1, -0.05) is 48.0 Å². The number of alkyl carbamates (subject to hydrolysis) is 1. The van der Waals surface area contributed by atoms with Gasteiger partial charge in [0, 0.05) is 25.6 Å². The van der Waals surface area contributed by atoms with Crippen LogP contribution in [0.3, 0.4) is 0 Å². The van der Waals surface area contributed by atoms with E-state index in [4.69, 9.17) is 16.3 Å². The van der Waals surface area contributed by atoms with Crippen LogP contribution in [0.1, 0.15) is 37.9 Å².